The summed E-state index contributed by atoms with van der Waals surface area (Å²) in [5.74, 6) is 0. The quantitative estimate of drug-likeness (QED) is 0.515. The van der Waals surface area contributed by atoms with Gasteiger partial charge in [0.25, 0.3) is 5.56 Å². The molecule has 0 radical (unpaired) electrons. The molecule has 1 saturated carbocycles. The van der Waals surface area contributed by atoms with E-state index in [9.17, 15) is 24.9 Å². The third kappa shape index (κ3) is 2.24. The zero-order valence-corrected chi connectivity index (χ0v) is 10.9. The number of aliphatic hydroxyl groups excluding tert-OH is 3. The fourth-order valence-corrected chi connectivity index (χ4v) is 2.90. The normalized spacial score (nSPS) is 33.2. The van der Waals surface area contributed by atoms with E-state index in [1.54, 1.807) is 6.08 Å². The highest BCUT2D eigenvalue weighted by Crippen LogP contribution is 2.46. The number of allylic oxidation sites excluding steroid dienone is 1. The van der Waals surface area contributed by atoms with Crippen LogP contribution in [0.4, 0.5) is 0 Å². The van der Waals surface area contributed by atoms with Crippen LogP contribution in [0.5, 0.6) is 0 Å². The minimum atomic E-state index is -1.20. The van der Waals surface area contributed by atoms with E-state index in [1.807, 2.05) is 0 Å². The number of nitrogens with zero attached hydrogens (tertiary/aromatic N) is 1. The Morgan fingerprint density at radius 1 is 1.50 bits per heavy atom. The van der Waals surface area contributed by atoms with Gasteiger partial charge in [-0.2, -0.15) is 0 Å². The highest BCUT2D eigenvalue weighted by Gasteiger charge is 2.52. The van der Waals surface area contributed by atoms with Gasteiger partial charge in [-0.25, -0.2) is 4.79 Å². The van der Waals surface area contributed by atoms with Gasteiger partial charge in [0.1, 0.15) is 6.10 Å². The third-order valence-corrected chi connectivity index (χ3v) is 4.04. The molecule has 0 amide bonds. The van der Waals surface area contributed by atoms with Crippen LogP contribution in [0.15, 0.2) is 34.5 Å². The highest BCUT2D eigenvalue weighted by molar-refractivity contribution is 5.06. The lowest BCUT2D eigenvalue weighted by Gasteiger charge is -2.29. The van der Waals surface area contributed by atoms with E-state index in [-0.39, 0.29) is 13.0 Å². The summed E-state index contributed by atoms with van der Waals surface area (Å²) in [5.41, 5.74) is -2.11. The number of rotatable bonds is 4. The van der Waals surface area contributed by atoms with Crippen LogP contribution in [0.1, 0.15) is 18.9 Å². The lowest BCUT2D eigenvalue weighted by molar-refractivity contribution is -0.0474. The van der Waals surface area contributed by atoms with Gasteiger partial charge in [-0.1, -0.05) is 6.08 Å². The maximum absolute atomic E-state index is 11.8. The number of H-pyrrole nitrogens is 1. The van der Waals surface area contributed by atoms with Crippen LogP contribution in [0.2, 0.25) is 0 Å². The number of aliphatic hydroxyl groups is 3. The van der Waals surface area contributed by atoms with Gasteiger partial charge >= 0.3 is 5.69 Å². The van der Waals surface area contributed by atoms with Crippen molar-refractivity contribution in [2.45, 2.75) is 31.1 Å². The van der Waals surface area contributed by atoms with Crippen molar-refractivity contribution in [2.24, 2.45) is 5.41 Å². The topological polar surface area (TPSA) is 116 Å². The van der Waals surface area contributed by atoms with Gasteiger partial charge < -0.3 is 15.3 Å². The van der Waals surface area contributed by atoms with Crippen LogP contribution in [-0.4, -0.2) is 43.7 Å². The lowest BCUT2D eigenvalue weighted by Crippen LogP contribution is -2.39. The maximum Gasteiger partial charge on any atom is 0.328 e. The van der Waals surface area contributed by atoms with Crippen molar-refractivity contribution in [3.8, 4) is 0 Å². The average Bonchev–Trinajstić information content (AvgIpc) is 2.65. The summed E-state index contributed by atoms with van der Waals surface area (Å²) in [6.07, 6.45) is 0.994. The summed E-state index contributed by atoms with van der Waals surface area (Å²) < 4.78 is 1.18. The molecule has 4 N–H and O–H groups in total. The molecule has 2 rings (SSSR count). The van der Waals surface area contributed by atoms with Crippen molar-refractivity contribution >= 4 is 0 Å². The SMILES string of the molecule is C=CC[C@]1(CO)C[C@@H](n2ccc(=O)[nH]c2=O)[C@H](O)[C@@H]1O. The van der Waals surface area contributed by atoms with E-state index >= 15 is 0 Å². The summed E-state index contributed by atoms with van der Waals surface area (Å²) in [4.78, 5) is 24.9. The Morgan fingerprint density at radius 2 is 2.20 bits per heavy atom. The van der Waals surface area contributed by atoms with Crippen molar-refractivity contribution in [1.82, 2.24) is 9.55 Å². The van der Waals surface area contributed by atoms with Gasteiger partial charge in [-0.3, -0.25) is 14.3 Å². The molecule has 0 spiro atoms. The Labute approximate surface area is 114 Å². The van der Waals surface area contributed by atoms with Crippen LogP contribution >= 0.6 is 0 Å². The molecule has 20 heavy (non-hydrogen) atoms. The minimum absolute atomic E-state index is 0.212. The van der Waals surface area contributed by atoms with Crippen LogP contribution in [0.25, 0.3) is 0 Å². The summed E-state index contributed by atoms with van der Waals surface area (Å²) in [5, 5.41) is 29.9. The minimum Gasteiger partial charge on any atom is -0.396 e. The number of hydrogen-bond acceptors (Lipinski definition) is 5. The first-order chi connectivity index (χ1) is 9.45. The van der Waals surface area contributed by atoms with Crippen LogP contribution in [-0.2, 0) is 0 Å². The summed E-state index contributed by atoms with van der Waals surface area (Å²) in [7, 11) is 0. The maximum atomic E-state index is 11.8. The molecule has 1 aromatic rings. The zero-order chi connectivity index (χ0) is 14.9. The van der Waals surface area contributed by atoms with Crippen molar-refractivity contribution < 1.29 is 15.3 Å². The molecule has 1 aromatic heterocycles. The second-order valence-corrected chi connectivity index (χ2v) is 5.24. The van der Waals surface area contributed by atoms with Gasteiger partial charge in [0, 0.05) is 17.7 Å². The molecule has 0 unspecified atom stereocenters. The molecule has 0 aromatic carbocycles. The Hall–Kier alpha value is -1.70. The van der Waals surface area contributed by atoms with E-state index in [2.05, 4.69) is 11.6 Å². The molecule has 1 aliphatic carbocycles. The first-order valence-corrected chi connectivity index (χ1v) is 6.34. The van der Waals surface area contributed by atoms with Crippen LogP contribution in [0.3, 0.4) is 0 Å². The summed E-state index contributed by atoms with van der Waals surface area (Å²) in [6, 6.07) is 0.467. The van der Waals surface area contributed by atoms with E-state index in [1.165, 1.54) is 16.8 Å². The van der Waals surface area contributed by atoms with Gasteiger partial charge in [0.2, 0.25) is 0 Å². The van der Waals surface area contributed by atoms with Gasteiger partial charge in [-0.05, 0) is 12.8 Å². The zero-order valence-electron chi connectivity index (χ0n) is 10.9. The Kier molecular flexibility index (Phi) is 3.94. The van der Waals surface area contributed by atoms with Gasteiger partial charge in [0.15, 0.2) is 0 Å². The number of hydrogen-bond donors (Lipinski definition) is 4. The molecule has 1 aliphatic rings. The predicted octanol–water partition coefficient (Wildman–Crippen LogP) is -1.24. The molecule has 7 nitrogen and oxygen atoms in total. The monoisotopic (exact) mass is 282 g/mol. The Morgan fingerprint density at radius 3 is 2.75 bits per heavy atom. The second-order valence-electron chi connectivity index (χ2n) is 5.24. The molecule has 0 aliphatic heterocycles. The standard InChI is InChI=1S/C13H18N2O5/c1-2-4-13(7-16)6-8(10(18)11(13)19)15-5-3-9(17)14-12(15)20/h2-3,5,8,10-11,16,18-19H,1,4,6-7H2,(H,14,17,20)/t8-,10+,11+,13-/m1/s1. The van der Waals surface area contributed by atoms with Crippen molar-refractivity contribution in [1.29, 1.82) is 0 Å². The third-order valence-electron chi connectivity index (χ3n) is 4.04. The average molecular weight is 282 g/mol. The smallest absolute Gasteiger partial charge is 0.328 e. The van der Waals surface area contributed by atoms with Gasteiger partial charge in [0.05, 0.1) is 18.8 Å². The molecule has 1 fully saturated rings. The van der Waals surface area contributed by atoms with Gasteiger partial charge in [-0.15, -0.1) is 6.58 Å². The van der Waals surface area contributed by atoms with Crippen LogP contribution in [0, 0.1) is 5.41 Å². The number of aromatic amines is 1. The molecular formula is C13H18N2O5. The lowest BCUT2D eigenvalue weighted by atomic mass is 9.81. The molecule has 110 valence electrons. The fourth-order valence-electron chi connectivity index (χ4n) is 2.90. The molecule has 1 heterocycles. The predicted molar refractivity (Wildman–Crippen MR) is 71.3 cm³/mol. The fraction of sp³-hybridized carbons (Fsp3) is 0.538. The summed E-state index contributed by atoms with van der Waals surface area (Å²) in [6.45, 7) is 3.26. The van der Waals surface area contributed by atoms with Crippen molar-refractivity contribution in [3.05, 3.63) is 45.8 Å². The largest absolute Gasteiger partial charge is 0.396 e. The van der Waals surface area contributed by atoms with Crippen molar-refractivity contribution in [2.75, 3.05) is 6.61 Å². The second kappa shape index (κ2) is 5.35. The first-order valence-electron chi connectivity index (χ1n) is 6.34. The molecule has 7 heteroatoms. The van der Waals surface area contributed by atoms with E-state index < -0.39 is 34.9 Å². The van der Waals surface area contributed by atoms with Crippen molar-refractivity contribution in [3.63, 3.8) is 0 Å². The van der Waals surface area contributed by atoms with E-state index in [4.69, 9.17) is 0 Å². The molecule has 4 atom stereocenters. The number of aromatic nitrogens is 2. The molecule has 0 saturated heterocycles. The highest BCUT2D eigenvalue weighted by atomic mass is 16.3. The van der Waals surface area contributed by atoms with E-state index in [0.717, 1.165) is 0 Å². The first kappa shape index (κ1) is 14.7. The Bertz CT molecular complexity index is 607. The molecular weight excluding hydrogens is 264 g/mol. The van der Waals surface area contributed by atoms with E-state index in [0.29, 0.717) is 6.42 Å². The number of nitrogens with one attached hydrogen (secondary N) is 1. The summed E-state index contributed by atoms with van der Waals surface area (Å²) >= 11 is 0. The van der Waals surface area contributed by atoms with Crippen LogP contribution < -0.4 is 11.2 Å². The Balaban J connectivity index is 2.42. The molecule has 0 bridgehead atoms.